The number of anilines is 1. The number of sulfonamides is 1. The van der Waals surface area contributed by atoms with Crippen molar-refractivity contribution < 1.29 is 8.42 Å². The van der Waals surface area contributed by atoms with Gasteiger partial charge in [-0.1, -0.05) is 32.1 Å². The maximum Gasteiger partial charge on any atom is 0.244 e. The minimum absolute atomic E-state index is 0.0465. The molecule has 0 spiro atoms. The molecule has 2 N–H and O–H groups in total. The maximum atomic E-state index is 12.5. The van der Waals surface area contributed by atoms with Crippen LogP contribution in [0.3, 0.4) is 0 Å². The molecule has 1 aliphatic carbocycles. The van der Waals surface area contributed by atoms with Crippen LogP contribution in [0.25, 0.3) is 0 Å². The average Bonchev–Trinajstić information content (AvgIpc) is 2.41. The third-order valence-electron chi connectivity index (χ3n) is 3.77. The van der Waals surface area contributed by atoms with Gasteiger partial charge in [0.15, 0.2) is 0 Å². The molecule has 0 aliphatic heterocycles. The van der Waals surface area contributed by atoms with Gasteiger partial charge in [0.2, 0.25) is 10.0 Å². The predicted octanol–water partition coefficient (Wildman–Crippen LogP) is 2.51. The standard InChI is InChI=1S/C14H23N3O2S/c1-15-13-9-10-16-11-14(13)20(18,19)17-12-7-5-3-2-4-6-8-12/h9-12,17H,2-8H2,1H3,(H,15,16). The van der Waals surface area contributed by atoms with Gasteiger partial charge in [0.05, 0.1) is 5.69 Å². The molecule has 1 aromatic rings. The molecule has 0 atom stereocenters. The normalized spacial score (nSPS) is 18.2. The molecular weight excluding hydrogens is 274 g/mol. The van der Waals surface area contributed by atoms with Gasteiger partial charge in [0.1, 0.15) is 4.90 Å². The van der Waals surface area contributed by atoms with Gasteiger partial charge >= 0.3 is 0 Å². The van der Waals surface area contributed by atoms with Crippen molar-refractivity contribution in [1.29, 1.82) is 0 Å². The van der Waals surface area contributed by atoms with Gasteiger partial charge in [-0.05, 0) is 18.9 Å². The van der Waals surface area contributed by atoms with Crippen molar-refractivity contribution in [3.8, 4) is 0 Å². The van der Waals surface area contributed by atoms with Crippen molar-refractivity contribution in [1.82, 2.24) is 9.71 Å². The lowest BCUT2D eigenvalue weighted by molar-refractivity contribution is 0.426. The topological polar surface area (TPSA) is 71.1 Å². The van der Waals surface area contributed by atoms with Gasteiger partial charge in [-0.15, -0.1) is 0 Å². The second-order valence-corrected chi connectivity index (χ2v) is 6.97. The molecule has 112 valence electrons. The molecule has 2 rings (SSSR count). The van der Waals surface area contributed by atoms with Gasteiger partial charge in [-0.3, -0.25) is 4.98 Å². The summed E-state index contributed by atoms with van der Waals surface area (Å²) >= 11 is 0. The molecule has 0 unspecified atom stereocenters. The van der Waals surface area contributed by atoms with Crippen molar-refractivity contribution in [2.24, 2.45) is 0 Å². The summed E-state index contributed by atoms with van der Waals surface area (Å²) in [5.74, 6) is 0. The molecule has 1 aromatic heterocycles. The van der Waals surface area contributed by atoms with Crippen LogP contribution >= 0.6 is 0 Å². The van der Waals surface area contributed by atoms with E-state index in [1.807, 2.05) is 0 Å². The lowest BCUT2D eigenvalue weighted by Gasteiger charge is -2.21. The van der Waals surface area contributed by atoms with E-state index in [0.29, 0.717) is 5.69 Å². The van der Waals surface area contributed by atoms with E-state index in [1.165, 1.54) is 25.5 Å². The Morgan fingerprint density at radius 1 is 1.15 bits per heavy atom. The van der Waals surface area contributed by atoms with Crippen LogP contribution in [0.5, 0.6) is 0 Å². The highest BCUT2D eigenvalue weighted by Gasteiger charge is 2.23. The van der Waals surface area contributed by atoms with E-state index >= 15 is 0 Å². The minimum Gasteiger partial charge on any atom is -0.387 e. The number of pyridine rings is 1. The summed E-state index contributed by atoms with van der Waals surface area (Å²) in [7, 11) is -1.79. The highest BCUT2D eigenvalue weighted by Crippen LogP contribution is 2.22. The summed E-state index contributed by atoms with van der Waals surface area (Å²) < 4.78 is 27.8. The zero-order valence-corrected chi connectivity index (χ0v) is 12.7. The molecule has 1 heterocycles. The summed E-state index contributed by atoms with van der Waals surface area (Å²) in [5.41, 5.74) is 0.582. The van der Waals surface area contributed by atoms with Gasteiger partial charge in [-0.25, -0.2) is 13.1 Å². The first-order chi connectivity index (χ1) is 9.63. The summed E-state index contributed by atoms with van der Waals surface area (Å²) in [6.45, 7) is 0. The van der Waals surface area contributed by atoms with Crippen LogP contribution in [0.2, 0.25) is 0 Å². The van der Waals surface area contributed by atoms with E-state index in [1.54, 1.807) is 19.3 Å². The van der Waals surface area contributed by atoms with Crippen molar-refractivity contribution in [3.63, 3.8) is 0 Å². The first-order valence-corrected chi connectivity index (χ1v) is 8.76. The van der Waals surface area contributed by atoms with Crippen molar-refractivity contribution in [2.45, 2.75) is 55.9 Å². The van der Waals surface area contributed by atoms with E-state index in [2.05, 4.69) is 15.0 Å². The van der Waals surface area contributed by atoms with Crippen molar-refractivity contribution in [2.75, 3.05) is 12.4 Å². The Kier molecular flexibility index (Phi) is 5.37. The number of nitrogens with zero attached hydrogens (tertiary/aromatic N) is 1. The third kappa shape index (κ3) is 3.93. The second-order valence-electron chi connectivity index (χ2n) is 5.29. The van der Waals surface area contributed by atoms with Crippen LogP contribution in [0.4, 0.5) is 5.69 Å². The number of nitrogens with one attached hydrogen (secondary N) is 2. The predicted molar refractivity (Wildman–Crippen MR) is 80.2 cm³/mol. The molecule has 6 heteroatoms. The monoisotopic (exact) mass is 297 g/mol. The molecule has 0 radical (unpaired) electrons. The molecule has 1 saturated carbocycles. The zero-order valence-electron chi connectivity index (χ0n) is 11.9. The molecule has 5 nitrogen and oxygen atoms in total. The Morgan fingerprint density at radius 3 is 2.45 bits per heavy atom. The van der Waals surface area contributed by atoms with Gasteiger partial charge in [0, 0.05) is 25.5 Å². The molecule has 1 fully saturated rings. The maximum absolute atomic E-state index is 12.5. The van der Waals surface area contributed by atoms with E-state index < -0.39 is 10.0 Å². The highest BCUT2D eigenvalue weighted by atomic mass is 32.2. The van der Waals surface area contributed by atoms with E-state index in [-0.39, 0.29) is 10.9 Å². The summed E-state index contributed by atoms with van der Waals surface area (Å²) in [6, 6.07) is 1.72. The number of aromatic nitrogens is 1. The third-order valence-corrected chi connectivity index (χ3v) is 5.32. The van der Waals surface area contributed by atoms with Crippen LogP contribution < -0.4 is 10.0 Å². The fourth-order valence-corrected chi connectivity index (χ4v) is 4.12. The van der Waals surface area contributed by atoms with Gasteiger partial charge < -0.3 is 5.32 Å². The Hall–Kier alpha value is -1.14. The Balaban J connectivity index is 2.13. The average molecular weight is 297 g/mol. The number of hydrogen-bond donors (Lipinski definition) is 2. The molecular formula is C14H23N3O2S. The lowest BCUT2D eigenvalue weighted by atomic mass is 9.97. The van der Waals surface area contributed by atoms with Gasteiger partial charge in [0.25, 0.3) is 0 Å². The van der Waals surface area contributed by atoms with Gasteiger partial charge in [-0.2, -0.15) is 0 Å². The van der Waals surface area contributed by atoms with Crippen LogP contribution in [0.15, 0.2) is 23.4 Å². The van der Waals surface area contributed by atoms with Crippen molar-refractivity contribution >= 4 is 15.7 Å². The smallest absolute Gasteiger partial charge is 0.244 e. The number of rotatable bonds is 4. The SMILES string of the molecule is CNc1ccncc1S(=O)(=O)NC1CCCCCCC1. The Morgan fingerprint density at radius 2 is 1.80 bits per heavy atom. The summed E-state index contributed by atoms with van der Waals surface area (Å²) in [5, 5.41) is 2.90. The zero-order chi connectivity index (χ0) is 14.4. The minimum atomic E-state index is -3.51. The van der Waals surface area contributed by atoms with Crippen molar-refractivity contribution in [3.05, 3.63) is 18.5 Å². The summed E-state index contributed by atoms with van der Waals surface area (Å²) in [4.78, 5) is 4.15. The molecule has 0 aromatic carbocycles. The Labute approximate surface area is 121 Å². The Bertz CT molecular complexity index is 523. The first-order valence-electron chi connectivity index (χ1n) is 7.27. The largest absolute Gasteiger partial charge is 0.387 e. The molecule has 20 heavy (non-hydrogen) atoms. The second kappa shape index (κ2) is 7.04. The molecule has 0 bridgehead atoms. The van der Waals surface area contributed by atoms with E-state index in [9.17, 15) is 8.42 Å². The fraction of sp³-hybridized carbons (Fsp3) is 0.643. The van der Waals surface area contributed by atoms with E-state index in [4.69, 9.17) is 0 Å². The van der Waals surface area contributed by atoms with E-state index in [0.717, 1.165) is 25.7 Å². The number of hydrogen-bond acceptors (Lipinski definition) is 4. The molecule has 1 aliphatic rings. The molecule has 0 saturated heterocycles. The molecule has 0 amide bonds. The quantitative estimate of drug-likeness (QED) is 0.896. The van der Waals surface area contributed by atoms with Crippen LogP contribution in [0.1, 0.15) is 44.9 Å². The lowest BCUT2D eigenvalue weighted by Crippen LogP contribution is -2.35. The fourth-order valence-electron chi connectivity index (χ4n) is 2.66. The summed E-state index contributed by atoms with van der Waals surface area (Å²) in [6.07, 6.45) is 10.7. The van der Waals surface area contributed by atoms with Crippen LogP contribution in [0, 0.1) is 0 Å². The highest BCUT2D eigenvalue weighted by molar-refractivity contribution is 7.89. The first kappa shape index (κ1) is 15.3. The van der Waals surface area contributed by atoms with Crippen LogP contribution in [-0.4, -0.2) is 26.5 Å². The van der Waals surface area contributed by atoms with Crippen LogP contribution in [-0.2, 0) is 10.0 Å².